The van der Waals surface area contributed by atoms with Crippen molar-refractivity contribution in [1.29, 1.82) is 0 Å². The monoisotopic (exact) mass is 269 g/mol. The van der Waals surface area contributed by atoms with E-state index in [0.29, 0.717) is 19.0 Å². The highest BCUT2D eigenvalue weighted by molar-refractivity contribution is 6.34. The fourth-order valence-corrected chi connectivity index (χ4v) is 2.38. The quantitative estimate of drug-likeness (QED) is 0.767. The molecular weight excluding hydrogens is 242 g/mol. The lowest BCUT2D eigenvalue weighted by Gasteiger charge is -2.28. The van der Waals surface area contributed by atoms with Gasteiger partial charge in [0.05, 0.1) is 0 Å². The molecule has 0 aromatic carbocycles. The maximum atomic E-state index is 12.2. The fourth-order valence-electron chi connectivity index (χ4n) is 2.38. The summed E-state index contributed by atoms with van der Waals surface area (Å²) in [5, 5.41) is 3.23. The molecule has 5 heteroatoms. The lowest BCUT2D eigenvalue weighted by atomic mass is 10.0. The Kier molecular flexibility index (Phi) is 6.28. The second-order valence-electron chi connectivity index (χ2n) is 5.79. The van der Waals surface area contributed by atoms with Gasteiger partial charge in [-0.15, -0.1) is 0 Å². The summed E-state index contributed by atoms with van der Waals surface area (Å²) in [6, 6.07) is 0.0987. The minimum Gasteiger partial charge on any atom is -0.335 e. The summed E-state index contributed by atoms with van der Waals surface area (Å²) < 4.78 is 0. The van der Waals surface area contributed by atoms with E-state index in [4.69, 9.17) is 0 Å². The van der Waals surface area contributed by atoms with Crippen molar-refractivity contribution in [2.24, 2.45) is 5.92 Å². The van der Waals surface area contributed by atoms with Crippen LogP contribution in [0.25, 0.3) is 0 Å². The van der Waals surface area contributed by atoms with Crippen molar-refractivity contribution in [3.8, 4) is 0 Å². The number of nitrogens with one attached hydrogen (secondary N) is 1. The molecule has 19 heavy (non-hydrogen) atoms. The van der Waals surface area contributed by atoms with Gasteiger partial charge in [0.1, 0.15) is 0 Å². The number of rotatable bonds is 3. The highest BCUT2D eigenvalue weighted by Crippen LogP contribution is 2.10. The van der Waals surface area contributed by atoms with Gasteiger partial charge in [-0.2, -0.15) is 0 Å². The van der Waals surface area contributed by atoms with E-state index in [2.05, 4.69) is 19.2 Å². The van der Waals surface area contributed by atoms with E-state index in [-0.39, 0.29) is 17.9 Å². The number of carbonyl (C=O) groups excluding carboxylic acids is 2. The van der Waals surface area contributed by atoms with E-state index in [1.165, 1.54) is 0 Å². The molecule has 0 bridgehead atoms. The van der Waals surface area contributed by atoms with Crippen molar-refractivity contribution in [2.45, 2.75) is 39.7 Å². The first-order valence-electron chi connectivity index (χ1n) is 7.20. The minimum atomic E-state index is -0.380. The lowest BCUT2D eigenvalue weighted by molar-refractivity contribution is -0.152. The summed E-state index contributed by atoms with van der Waals surface area (Å²) in [7, 11) is 1.73. The Labute approximate surface area is 116 Å². The maximum absolute atomic E-state index is 12.2. The zero-order valence-corrected chi connectivity index (χ0v) is 12.6. The zero-order valence-electron chi connectivity index (χ0n) is 12.6. The predicted molar refractivity (Wildman–Crippen MR) is 75.8 cm³/mol. The third kappa shape index (κ3) is 4.82. The standard InChI is InChI=1S/C14H27N3O2/c1-11(2)10-12(3)16(4)13(18)14(19)17-8-5-6-15-7-9-17/h11-12,15H,5-10H2,1-4H3. The van der Waals surface area contributed by atoms with Gasteiger partial charge in [-0.3, -0.25) is 9.59 Å². The molecule has 5 nitrogen and oxygen atoms in total. The van der Waals surface area contributed by atoms with Gasteiger partial charge in [-0.25, -0.2) is 0 Å². The van der Waals surface area contributed by atoms with Gasteiger partial charge in [0.25, 0.3) is 0 Å². The van der Waals surface area contributed by atoms with Crippen LogP contribution in [-0.4, -0.2) is 60.9 Å². The van der Waals surface area contributed by atoms with E-state index in [0.717, 1.165) is 25.9 Å². The van der Waals surface area contributed by atoms with Crippen LogP contribution in [-0.2, 0) is 9.59 Å². The summed E-state index contributed by atoms with van der Waals surface area (Å²) in [6.07, 6.45) is 1.82. The third-order valence-corrected chi connectivity index (χ3v) is 3.60. The lowest BCUT2D eigenvalue weighted by Crippen LogP contribution is -2.47. The molecule has 110 valence electrons. The van der Waals surface area contributed by atoms with Gasteiger partial charge >= 0.3 is 11.8 Å². The number of carbonyl (C=O) groups is 2. The molecule has 1 aliphatic heterocycles. The van der Waals surface area contributed by atoms with E-state index in [9.17, 15) is 9.59 Å². The summed E-state index contributed by atoms with van der Waals surface area (Å²) in [6.45, 7) is 9.21. The highest BCUT2D eigenvalue weighted by atomic mass is 16.2. The van der Waals surface area contributed by atoms with Gasteiger partial charge in [0.15, 0.2) is 0 Å². The Balaban J connectivity index is 2.57. The molecular formula is C14H27N3O2. The summed E-state index contributed by atoms with van der Waals surface area (Å²) in [5.74, 6) is -0.223. The van der Waals surface area contributed by atoms with E-state index in [1.54, 1.807) is 16.8 Å². The first kappa shape index (κ1) is 16.0. The van der Waals surface area contributed by atoms with Crippen LogP contribution < -0.4 is 5.32 Å². The molecule has 1 saturated heterocycles. The average molecular weight is 269 g/mol. The molecule has 0 radical (unpaired) electrons. The second-order valence-corrected chi connectivity index (χ2v) is 5.79. The van der Waals surface area contributed by atoms with Crippen LogP contribution in [0.2, 0.25) is 0 Å². The molecule has 1 atom stereocenters. The topological polar surface area (TPSA) is 52.7 Å². The van der Waals surface area contributed by atoms with Crippen LogP contribution in [0.5, 0.6) is 0 Å². The largest absolute Gasteiger partial charge is 0.335 e. The Morgan fingerprint density at radius 2 is 1.89 bits per heavy atom. The van der Waals surface area contributed by atoms with Gasteiger partial charge in [-0.05, 0) is 32.2 Å². The highest BCUT2D eigenvalue weighted by Gasteiger charge is 2.27. The summed E-state index contributed by atoms with van der Waals surface area (Å²) in [4.78, 5) is 27.6. The number of hydrogen-bond acceptors (Lipinski definition) is 3. The molecule has 0 aromatic rings. The van der Waals surface area contributed by atoms with Crippen molar-refractivity contribution >= 4 is 11.8 Å². The van der Waals surface area contributed by atoms with Gasteiger partial charge in [0.2, 0.25) is 0 Å². The molecule has 1 N–H and O–H groups in total. The second kappa shape index (κ2) is 7.48. The molecule has 0 aliphatic carbocycles. The molecule has 1 rings (SSSR count). The van der Waals surface area contributed by atoms with Gasteiger partial charge in [0, 0.05) is 32.7 Å². The molecule has 0 spiro atoms. The summed E-state index contributed by atoms with van der Waals surface area (Å²) in [5.41, 5.74) is 0. The van der Waals surface area contributed by atoms with Crippen molar-refractivity contribution < 1.29 is 9.59 Å². The van der Waals surface area contributed by atoms with E-state index in [1.807, 2.05) is 6.92 Å². The molecule has 0 aromatic heterocycles. The Morgan fingerprint density at radius 3 is 2.53 bits per heavy atom. The van der Waals surface area contributed by atoms with Crippen LogP contribution >= 0.6 is 0 Å². The molecule has 1 fully saturated rings. The van der Waals surface area contributed by atoms with Crippen molar-refractivity contribution in [2.75, 3.05) is 33.2 Å². The van der Waals surface area contributed by atoms with Crippen LogP contribution in [0.15, 0.2) is 0 Å². The van der Waals surface area contributed by atoms with E-state index >= 15 is 0 Å². The molecule has 2 amide bonds. The average Bonchev–Trinajstić information content (AvgIpc) is 2.64. The van der Waals surface area contributed by atoms with Crippen LogP contribution in [0.3, 0.4) is 0 Å². The van der Waals surface area contributed by atoms with Gasteiger partial charge in [-0.1, -0.05) is 13.8 Å². The Bertz CT molecular complexity index is 310. The smallest absolute Gasteiger partial charge is 0.312 e. The number of likely N-dealkylation sites (N-methyl/N-ethyl adjacent to an activating group) is 1. The molecule has 1 unspecified atom stereocenters. The molecule has 1 aliphatic rings. The fraction of sp³-hybridized carbons (Fsp3) is 0.857. The Morgan fingerprint density at radius 1 is 1.21 bits per heavy atom. The normalized spacial score (nSPS) is 18.1. The van der Waals surface area contributed by atoms with E-state index < -0.39 is 0 Å². The maximum Gasteiger partial charge on any atom is 0.312 e. The number of nitrogens with zero attached hydrogens (tertiary/aromatic N) is 2. The van der Waals surface area contributed by atoms with Crippen molar-refractivity contribution in [3.63, 3.8) is 0 Å². The number of amides is 2. The SMILES string of the molecule is CC(C)CC(C)N(C)C(=O)C(=O)N1CCCNCC1. The van der Waals surface area contributed by atoms with Crippen LogP contribution in [0, 0.1) is 5.92 Å². The third-order valence-electron chi connectivity index (χ3n) is 3.60. The summed E-state index contributed by atoms with van der Waals surface area (Å²) >= 11 is 0. The van der Waals surface area contributed by atoms with Crippen LogP contribution in [0.4, 0.5) is 0 Å². The number of hydrogen-bond donors (Lipinski definition) is 1. The van der Waals surface area contributed by atoms with Gasteiger partial charge < -0.3 is 15.1 Å². The minimum absolute atomic E-state index is 0.0987. The van der Waals surface area contributed by atoms with Crippen molar-refractivity contribution in [1.82, 2.24) is 15.1 Å². The van der Waals surface area contributed by atoms with Crippen molar-refractivity contribution in [3.05, 3.63) is 0 Å². The predicted octanol–water partition coefficient (Wildman–Crippen LogP) is 0.701. The first-order chi connectivity index (χ1) is 8.93. The Hall–Kier alpha value is -1.10. The van der Waals surface area contributed by atoms with Crippen LogP contribution in [0.1, 0.15) is 33.6 Å². The zero-order chi connectivity index (χ0) is 14.4. The molecule has 0 saturated carbocycles. The first-order valence-corrected chi connectivity index (χ1v) is 7.20. The molecule has 1 heterocycles.